The molecule has 32 valence electrons. The highest BCUT2D eigenvalue weighted by Crippen LogP contribution is 1.75. The van der Waals surface area contributed by atoms with E-state index in [0.717, 1.165) is 7.41 Å². The lowest BCUT2D eigenvalue weighted by molar-refractivity contribution is 1.94. The van der Waals surface area contributed by atoms with Crippen LogP contribution in [0.2, 0.25) is 0 Å². The van der Waals surface area contributed by atoms with Gasteiger partial charge in [-0.1, -0.05) is 12.1 Å². The quantitative estimate of drug-likeness (QED) is 0.391. The summed E-state index contributed by atoms with van der Waals surface area (Å²) in [5.41, 5.74) is 0. The first kappa shape index (κ1) is 5.76. The van der Waals surface area contributed by atoms with Gasteiger partial charge in [0.2, 0.25) is 0 Å². The molecular weight excluding hydrogens is 96.3 g/mol. The van der Waals surface area contributed by atoms with Crippen LogP contribution >= 0.6 is 12.4 Å². The maximum Gasteiger partial charge on any atom is 0.287 e. The van der Waals surface area contributed by atoms with E-state index in [4.69, 9.17) is 0 Å². The van der Waals surface area contributed by atoms with Gasteiger partial charge in [0.25, 0.3) is 7.41 Å². The molecule has 0 spiro atoms. The first-order chi connectivity index (χ1) is 2.50. The third-order valence-electron chi connectivity index (χ3n) is 0.538. The van der Waals surface area contributed by atoms with Crippen molar-refractivity contribution in [1.29, 1.82) is 0 Å². The van der Waals surface area contributed by atoms with Crippen LogP contribution in [0.3, 0.4) is 0 Å². The lowest BCUT2D eigenvalue weighted by Crippen LogP contribution is -1.63. The minimum Gasteiger partial charge on any atom is -0.348 e. The molecule has 1 aliphatic heterocycles. The average molecular weight is 101 g/mol. The van der Waals surface area contributed by atoms with Gasteiger partial charge in [0, 0.05) is 6.21 Å². The van der Waals surface area contributed by atoms with Crippen molar-refractivity contribution >= 4 is 26.0 Å². The van der Waals surface area contributed by atoms with Crippen molar-refractivity contribution in [2.75, 3.05) is 0 Å². The summed E-state index contributed by atoms with van der Waals surface area (Å²) in [5.74, 6) is 2.01. The van der Waals surface area contributed by atoms with Crippen LogP contribution < -0.4 is 0 Å². The fourth-order valence-electron chi connectivity index (χ4n) is 0.304. The van der Waals surface area contributed by atoms with E-state index in [1.165, 1.54) is 0 Å². The number of rotatable bonds is 0. The Morgan fingerprint density at radius 3 is 2.50 bits per heavy atom. The van der Waals surface area contributed by atoms with Crippen molar-refractivity contribution in [2.45, 2.75) is 0 Å². The van der Waals surface area contributed by atoms with Crippen LogP contribution in [0.15, 0.2) is 17.0 Å². The molecule has 1 heterocycles. The van der Waals surface area contributed by atoms with E-state index < -0.39 is 0 Å². The predicted octanol–water partition coefficient (Wildman–Crippen LogP) is 0.358. The zero-order chi connectivity index (χ0) is 3.54. The van der Waals surface area contributed by atoms with E-state index in [9.17, 15) is 0 Å². The summed E-state index contributed by atoms with van der Waals surface area (Å²) in [5, 5.41) is 0. The lowest BCUT2D eigenvalue weighted by atomic mass is 10.00. The lowest BCUT2D eigenvalue weighted by Gasteiger charge is -1.55. The molecule has 1 aliphatic rings. The summed E-state index contributed by atoms with van der Waals surface area (Å²) in [4.78, 5) is 3.85. The Balaban J connectivity index is 0.000000250. The Morgan fingerprint density at radius 1 is 1.50 bits per heavy atom. The minimum atomic E-state index is 0. The van der Waals surface area contributed by atoms with Crippen molar-refractivity contribution in [3.63, 3.8) is 0 Å². The van der Waals surface area contributed by atoms with Crippen LogP contribution in [0.5, 0.6) is 0 Å². The highest BCUT2D eigenvalue weighted by Gasteiger charge is 1.77. The molecule has 0 unspecified atom stereocenters. The van der Waals surface area contributed by atoms with Gasteiger partial charge in [-0.3, -0.25) is 0 Å². The summed E-state index contributed by atoms with van der Waals surface area (Å²) in [7, 11) is 0.889. The number of hydrogen-bond acceptors (Lipinski definition) is 1. The van der Waals surface area contributed by atoms with Crippen LogP contribution in [-0.4, -0.2) is 13.6 Å². The first-order valence-electron chi connectivity index (χ1n) is 1.65. The topological polar surface area (TPSA) is 12.4 Å². The standard InChI is InChI=1S/C3H4BN.ClH/c1-2-4-5-3-1;/h1-4H;1H. The second-order valence-electron chi connectivity index (χ2n) is 0.942. The van der Waals surface area contributed by atoms with Crippen LogP contribution in [0, 0.1) is 0 Å². The Labute approximate surface area is 43.8 Å². The molecule has 0 atom stereocenters. The minimum absolute atomic E-state index is 0. The maximum absolute atomic E-state index is 3.85. The number of nitrogens with zero attached hydrogens (tertiary/aromatic N) is 1. The molecule has 0 aromatic heterocycles. The van der Waals surface area contributed by atoms with Crippen LogP contribution in [0.4, 0.5) is 0 Å². The SMILES string of the molecule is B1C=CC=N1.Cl. The summed E-state index contributed by atoms with van der Waals surface area (Å²) in [6, 6.07) is 0. The summed E-state index contributed by atoms with van der Waals surface area (Å²) < 4.78 is 0. The van der Waals surface area contributed by atoms with Gasteiger partial charge in [0.15, 0.2) is 0 Å². The smallest absolute Gasteiger partial charge is 0.287 e. The number of hydrogen-bond donors (Lipinski definition) is 0. The van der Waals surface area contributed by atoms with E-state index in [1.54, 1.807) is 6.21 Å². The Hall–Kier alpha value is -0.235. The van der Waals surface area contributed by atoms with Crippen molar-refractivity contribution in [3.8, 4) is 0 Å². The number of halogens is 1. The van der Waals surface area contributed by atoms with Crippen LogP contribution in [0.25, 0.3) is 0 Å². The first-order valence-corrected chi connectivity index (χ1v) is 1.65. The van der Waals surface area contributed by atoms with Gasteiger partial charge in [-0.15, -0.1) is 12.4 Å². The molecule has 0 saturated heterocycles. The van der Waals surface area contributed by atoms with E-state index in [0.29, 0.717) is 0 Å². The molecular formula is C3H5BClN. The van der Waals surface area contributed by atoms with Gasteiger partial charge in [-0.25, -0.2) is 0 Å². The molecule has 0 radical (unpaired) electrons. The monoisotopic (exact) mass is 101 g/mol. The largest absolute Gasteiger partial charge is 0.348 e. The number of allylic oxidation sites excluding steroid dienone is 1. The third kappa shape index (κ3) is 1.27. The van der Waals surface area contributed by atoms with E-state index >= 15 is 0 Å². The molecule has 3 heteroatoms. The second-order valence-corrected chi connectivity index (χ2v) is 0.942. The zero-order valence-electron chi connectivity index (χ0n) is 3.29. The molecule has 0 fully saturated rings. The van der Waals surface area contributed by atoms with Gasteiger partial charge in [0.05, 0.1) is 0 Å². The molecule has 0 N–H and O–H groups in total. The molecule has 0 saturated carbocycles. The normalized spacial score (nSPS) is 13.3. The highest BCUT2D eigenvalue weighted by atomic mass is 35.5. The molecule has 0 aliphatic carbocycles. The van der Waals surface area contributed by atoms with Gasteiger partial charge in [-0.05, 0) is 0 Å². The molecule has 1 rings (SSSR count). The van der Waals surface area contributed by atoms with Gasteiger partial charge in [-0.2, -0.15) is 0 Å². The Bertz CT molecular complexity index is 68.9. The summed E-state index contributed by atoms with van der Waals surface area (Å²) in [6.07, 6.45) is 3.75. The van der Waals surface area contributed by atoms with E-state index in [1.807, 2.05) is 12.1 Å². The molecule has 0 aromatic rings. The van der Waals surface area contributed by atoms with Crippen LogP contribution in [-0.2, 0) is 0 Å². The maximum atomic E-state index is 3.85. The molecule has 0 amide bonds. The predicted molar refractivity (Wildman–Crippen MR) is 32.0 cm³/mol. The van der Waals surface area contributed by atoms with Crippen molar-refractivity contribution in [1.82, 2.24) is 0 Å². The van der Waals surface area contributed by atoms with E-state index in [2.05, 4.69) is 4.90 Å². The summed E-state index contributed by atoms with van der Waals surface area (Å²) in [6.45, 7) is 0. The Morgan fingerprint density at radius 2 is 2.33 bits per heavy atom. The van der Waals surface area contributed by atoms with Gasteiger partial charge >= 0.3 is 0 Å². The average Bonchev–Trinajstić information content (AvgIpc) is 1.76. The molecule has 6 heavy (non-hydrogen) atoms. The fraction of sp³-hybridized carbons (Fsp3) is 0. The summed E-state index contributed by atoms with van der Waals surface area (Å²) >= 11 is 0. The van der Waals surface area contributed by atoms with E-state index in [-0.39, 0.29) is 12.4 Å². The van der Waals surface area contributed by atoms with Gasteiger partial charge in [0.1, 0.15) is 0 Å². The van der Waals surface area contributed by atoms with Crippen molar-refractivity contribution in [2.24, 2.45) is 4.90 Å². The van der Waals surface area contributed by atoms with Crippen molar-refractivity contribution < 1.29 is 0 Å². The Kier molecular flexibility index (Phi) is 2.86. The molecule has 1 nitrogen and oxygen atoms in total. The van der Waals surface area contributed by atoms with Gasteiger partial charge < -0.3 is 4.90 Å². The molecule has 0 bridgehead atoms. The third-order valence-corrected chi connectivity index (χ3v) is 0.538. The highest BCUT2D eigenvalue weighted by molar-refractivity contribution is 6.44. The fourth-order valence-corrected chi connectivity index (χ4v) is 0.304. The van der Waals surface area contributed by atoms with Crippen LogP contribution in [0.1, 0.15) is 0 Å². The zero-order valence-corrected chi connectivity index (χ0v) is 4.11. The molecule has 0 aromatic carbocycles. The van der Waals surface area contributed by atoms with Crippen molar-refractivity contribution in [3.05, 3.63) is 12.1 Å². The second kappa shape index (κ2) is 2.97.